The van der Waals surface area contributed by atoms with Gasteiger partial charge in [-0.25, -0.2) is 9.59 Å². The van der Waals surface area contributed by atoms with E-state index in [-0.39, 0.29) is 11.1 Å². The van der Waals surface area contributed by atoms with E-state index in [9.17, 15) is 24.6 Å². The molecule has 1 aliphatic rings. The van der Waals surface area contributed by atoms with Crippen LogP contribution in [0.1, 0.15) is 27.6 Å². The van der Waals surface area contributed by atoms with Crippen molar-refractivity contribution in [1.29, 1.82) is 0 Å². The fraction of sp³-hybridized carbons (Fsp3) is 0.261. The summed E-state index contributed by atoms with van der Waals surface area (Å²) in [6.07, 6.45) is -1.78. The number of ether oxygens (including phenoxy) is 3. The summed E-state index contributed by atoms with van der Waals surface area (Å²) in [5.41, 5.74) is -1.75. The largest absolute Gasteiger partial charge is 0.459 e. The van der Waals surface area contributed by atoms with Gasteiger partial charge in [-0.2, -0.15) is 0 Å². The summed E-state index contributed by atoms with van der Waals surface area (Å²) >= 11 is 0. The molecule has 2 aromatic carbocycles. The number of carbonyl (C=O) groups is 3. The van der Waals surface area contributed by atoms with Gasteiger partial charge in [0.2, 0.25) is 0 Å². The highest BCUT2D eigenvalue weighted by Crippen LogP contribution is 2.31. The van der Waals surface area contributed by atoms with Gasteiger partial charge in [0.05, 0.1) is 11.1 Å². The van der Waals surface area contributed by atoms with Crippen LogP contribution >= 0.6 is 0 Å². The molecule has 2 aromatic rings. The molecule has 31 heavy (non-hydrogen) atoms. The third kappa shape index (κ3) is 5.17. The van der Waals surface area contributed by atoms with Crippen molar-refractivity contribution in [3.8, 4) is 0 Å². The van der Waals surface area contributed by atoms with Crippen molar-refractivity contribution in [3.63, 3.8) is 0 Å². The van der Waals surface area contributed by atoms with Crippen molar-refractivity contribution in [2.24, 2.45) is 0 Å². The van der Waals surface area contributed by atoms with E-state index in [2.05, 4.69) is 0 Å². The summed E-state index contributed by atoms with van der Waals surface area (Å²) in [5, 5.41) is 21.6. The van der Waals surface area contributed by atoms with Gasteiger partial charge >= 0.3 is 17.9 Å². The Morgan fingerprint density at radius 3 is 1.97 bits per heavy atom. The van der Waals surface area contributed by atoms with Gasteiger partial charge in [-0.15, -0.1) is 0 Å². The maximum absolute atomic E-state index is 12.5. The van der Waals surface area contributed by atoms with Crippen LogP contribution in [0.4, 0.5) is 0 Å². The van der Waals surface area contributed by atoms with Crippen LogP contribution < -0.4 is 0 Å². The SMILES string of the molecule is CC(=O)O[C@@H]1[C@H](OC(=O)c2ccccc2)C=C[C@@H](O)[C@]1(O)COC(=O)c1ccccc1. The molecule has 0 aliphatic heterocycles. The number of aliphatic hydroxyl groups is 2. The van der Waals surface area contributed by atoms with Gasteiger partial charge in [0.25, 0.3) is 0 Å². The zero-order valence-electron chi connectivity index (χ0n) is 16.7. The molecule has 0 saturated heterocycles. The van der Waals surface area contributed by atoms with Crippen LogP contribution in [0.5, 0.6) is 0 Å². The van der Waals surface area contributed by atoms with E-state index in [1.807, 2.05) is 0 Å². The Morgan fingerprint density at radius 2 is 1.42 bits per heavy atom. The van der Waals surface area contributed by atoms with Crippen LogP contribution in [0.25, 0.3) is 0 Å². The molecule has 0 unspecified atom stereocenters. The zero-order valence-corrected chi connectivity index (χ0v) is 16.7. The van der Waals surface area contributed by atoms with Gasteiger partial charge < -0.3 is 24.4 Å². The standard InChI is InChI=1S/C23H22O8/c1-15(24)30-20-18(31-22(27)17-10-6-3-7-11-17)12-13-19(25)23(20,28)14-29-21(26)16-8-4-2-5-9-16/h2-13,18-20,25,28H,14H2,1H3/t18-,19-,20-,23-/m1/s1. The minimum Gasteiger partial charge on any atom is -0.459 e. The molecule has 0 radical (unpaired) electrons. The van der Waals surface area contributed by atoms with Crippen molar-refractivity contribution in [1.82, 2.24) is 0 Å². The van der Waals surface area contributed by atoms with Crippen LogP contribution in [0, 0.1) is 0 Å². The van der Waals surface area contributed by atoms with Gasteiger partial charge in [0.15, 0.2) is 17.8 Å². The highest BCUT2D eigenvalue weighted by Gasteiger charge is 2.53. The maximum atomic E-state index is 12.5. The van der Waals surface area contributed by atoms with Crippen molar-refractivity contribution in [2.45, 2.75) is 30.8 Å². The minimum atomic E-state index is -2.24. The third-order valence-corrected chi connectivity index (χ3v) is 4.78. The summed E-state index contributed by atoms with van der Waals surface area (Å²) in [5.74, 6) is -2.23. The molecule has 0 fully saturated rings. The van der Waals surface area contributed by atoms with Gasteiger partial charge in [-0.3, -0.25) is 4.79 Å². The van der Waals surface area contributed by atoms with Crippen molar-refractivity contribution in [3.05, 3.63) is 83.9 Å². The molecule has 1 aliphatic carbocycles. The van der Waals surface area contributed by atoms with Crippen molar-refractivity contribution >= 4 is 17.9 Å². The first-order valence-electron chi connectivity index (χ1n) is 9.55. The average Bonchev–Trinajstić information content (AvgIpc) is 2.78. The van der Waals surface area contributed by atoms with E-state index in [1.165, 1.54) is 24.3 Å². The lowest BCUT2D eigenvalue weighted by Gasteiger charge is -2.42. The van der Waals surface area contributed by atoms with Crippen LogP contribution in [0.2, 0.25) is 0 Å². The highest BCUT2D eigenvalue weighted by atomic mass is 16.6. The first-order valence-corrected chi connectivity index (χ1v) is 9.55. The summed E-state index contributed by atoms with van der Waals surface area (Å²) in [6, 6.07) is 16.2. The molecule has 0 bridgehead atoms. The third-order valence-electron chi connectivity index (χ3n) is 4.78. The molecule has 3 rings (SSSR count). The molecule has 0 aromatic heterocycles. The van der Waals surface area contributed by atoms with E-state index in [0.29, 0.717) is 0 Å². The molecule has 0 amide bonds. The molecule has 8 nitrogen and oxygen atoms in total. The lowest BCUT2D eigenvalue weighted by atomic mass is 9.82. The number of esters is 3. The molecule has 8 heteroatoms. The lowest BCUT2D eigenvalue weighted by Crippen LogP contribution is -2.63. The van der Waals surface area contributed by atoms with E-state index < -0.39 is 48.4 Å². The molecular weight excluding hydrogens is 404 g/mol. The summed E-state index contributed by atoms with van der Waals surface area (Å²) in [7, 11) is 0. The normalized spacial score (nSPS) is 24.8. The number of carbonyl (C=O) groups excluding carboxylic acids is 3. The second-order valence-electron chi connectivity index (χ2n) is 7.03. The number of aliphatic hydroxyl groups excluding tert-OH is 1. The molecular formula is C23H22O8. The fourth-order valence-electron chi connectivity index (χ4n) is 3.16. The molecule has 2 N–H and O–H groups in total. The van der Waals surface area contributed by atoms with Gasteiger partial charge in [-0.05, 0) is 30.3 Å². The highest BCUT2D eigenvalue weighted by molar-refractivity contribution is 5.90. The van der Waals surface area contributed by atoms with E-state index in [1.54, 1.807) is 48.5 Å². The second-order valence-corrected chi connectivity index (χ2v) is 7.03. The number of benzene rings is 2. The van der Waals surface area contributed by atoms with E-state index >= 15 is 0 Å². The smallest absolute Gasteiger partial charge is 0.338 e. The molecule has 0 heterocycles. The monoisotopic (exact) mass is 426 g/mol. The average molecular weight is 426 g/mol. The molecule has 0 saturated carbocycles. The Hall–Kier alpha value is -3.49. The molecule has 162 valence electrons. The molecule has 0 spiro atoms. The summed E-state index contributed by atoms with van der Waals surface area (Å²) < 4.78 is 15.8. The lowest BCUT2D eigenvalue weighted by molar-refractivity contribution is -0.205. The maximum Gasteiger partial charge on any atom is 0.338 e. The Morgan fingerprint density at radius 1 is 0.871 bits per heavy atom. The minimum absolute atomic E-state index is 0.239. The first-order chi connectivity index (χ1) is 14.8. The summed E-state index contributed by atoms with van der Waals surface area (Å²) in [4.78, 5) is 36.4. The predicted molar refractivity (Wildman–Crippen MR) is 108 cm³/mol. The number of hydrogen-bond donors (Lipinski definition) is 2. The van der Waals surface area contributed by atoms with Crippen molar-refractivity contribution < 1.29 is 38.8 Å². The quantitative estimate of drug-likeness (QED) is 0.407. The van der Waals surface area contributed by atoms with E-state index in [0.717, 1.165) is 6.92 Å². The predicted octanol–water partition coefficient (Wildman–Crippen LogP) is 1.66. The van der Waals surface area contributed by atoms with Gasteiger partial charge in [0.1, 0.15) is 12.7 Å². The summed E-state index contributed by atoms with van der Waals surface area (Å²) in [6.45, 7) is 0.404. The Balaban J connectivity index is 1.81. The first kappa shape index (κ1) is 22.2. The Labute approximate surface area is 178 Å². The second kappa shape index (κ2) is 9.55. The van der Waals surface area contributed by atoms with Crippen LogP contribution in [0.3, 0.4) is 0 Å². The number of hydrogen-bond acceptors (Lipinski definition) is 8. The zero-order chi connectivity index (χ0) is 22.4. The van der Waals surface area contributed by atoms with Gasteiger partial charge in [0, 0.05) is 6.92 Å². The van der Waals surface area contributed by atoms with Crippen LogP contribution in [-0.2, 0) is 19.0 Å². The molecule has 4 atom stereocenters. The van der Waals surface area contributed by atoms with Crippen molar-refractivity contribution in [2.75, 3.05) is 6.61 Å². The van der Waals surface area contributed by atoms with Crippen LogP contribution in [0.15, 0.2) is 72.8 Å². The van der Waals surface area contributed by atoms with Gasteiger partial charge in [-0.1, -0.05) is 42.5 Å². The number of rotatable bonds is 6. The Bertz CT molecular complexity index is 956. The van der Waals surface area contributed by atoms with E-state index in [4.69, 9.17) is 14.2 Å². The van der Waals surface area contributed by atoms with Crippen LogP contribution in [-0.4, -0.2) is 58.6 Å². The fourth-order valence-corrected chi connectivity index (χ4v) is 3.16. The Kier molecular flexibility index (Phi) is 6.84. The topological polar surface area (TPSA) is 119 Å².